The molecule has 0 spiro atoms. The summed E-state index contributed by atoms with van der Waals surface area (Å²) in [6.07, 6.45) is 8.24. The first-order valence-corrected chi connectivity index (χ1v) is 7.64. The zero-order valence-electron chi connectivity index (χ0n) is 10.2. The second-order valence-corrected chi connectivity index (χ2v) is 6.29. The summed E-state index contributed by atoms with van der Waals surface area (Å²) in [5, 5.41) is 3.73. The summed E-state index contributed by atoms with van der Waals surface area (Å²) in [6.45, 7) is 1.19. The highest BCUT2D eigenvalue weighted by Gasteiger charge is 2.24. The van der Waals surface area contributed by atoms with Gasteiger partial charge in [-0.3, -0.25) is 0 Å². The highest BCUT2D eigenvalue weighted by molar-refractivity contribution is 9.10. The van der Waals surface area contributed by atoms with E-state index in [1.54, 1.807) is 0 Å². The summed E-state index contributed by atoms with van der Waals surface area (Å²) in [7, 11) is 0. The zero-order valence-corrected chi connectivity index (χ0v) is 11.8. The Kier molecular flexibility index (Phi) is 3.53. The molecule has 0 aromatic heterocycles. The van der Waals surface area contributed by atoms with Gasteiger partial charge >= 0.3 is 0 Å². The Balaban J connectivity index is 1.53. The van der Waals surface area contributed by atoms with Crippen molar-refractivity contribution < 1.29 is 0 Å². The topological polar surface area (TPSA) is 12.0 Å². The number of benzene rings is 1. The number of hydrogen-bond acceptors (Lipinski definition) is 1. The lowest BCUT2D eigenvalue weighted by Crippen LogP contribution is -2.20. The summed E-state index contributed by atoms with van der Waals surface area (Å²) in [6, 6.07) is 7.20. The molecule has 0 radical (unpaired) electrons. The van der Waals surface area contributed by atoms with Crippen LogP contribution in [0.3, 0.4) is 0 Å². The molecule has 17 heavy (non-hydrogen) atoms. The highest BCUT2D eigenvalue weighted by atomic mass is 79.9. The van der Waals surface area contributed by atoms with Crippen LogP contribution in [0.2, 0.25) is 0 Å². The van der Waals surface area contributed by atoms with Crippen molar-refractivity contribution >= 4 is 15.9 Å². The van der Waals surface area contributed by atoms with Crippen LogP contribution in [0.4, 0.5) is 0 Å². The summed E-state index contributed by atoms with van der Waals surface area (Å²) in [5.41, 5.74) is 3.04. The summed E-state index contributed by atoms with van der Waals surface area (Å²) >= 11 is 3.66. The van der Waals surface area contributed by atoms with Crippen LogP contribution >= 0.6 is 15.9 Å². The zero-order chi connectivity index (χ0) is 11.7. The first-order chi connectivity index (χ1) is 8.34. The molecular formula is C15H20BrN. The Morgan fingerprint density at radius 3 is 2.94 bits per heavy atom. The molecule has 0 heterocycles. The molecule has 1 N–H and O–H groups in total. The fraction of sp³-hybridized carbons (Fsp3) is 0.600. The van der Waals surface area contributed by atoms with Gasteiger partial charge in [0.05, 0.1) is 0 Å². The number of hydrogen-bond donors (Lipinski definition) is 1. The molecule has 2 aliphatic rings. The van der Waals surface area contributed by atoms with Gasteiger partial charge in [0.2, 0.25) is 0 Å². The van der Waals surface area contributed by atoms with Crippen molar-refractivity contribution in [2.75, 3.05) is 6.54 Å². The second kappa shape index (κ2) is 5.11. The molecule has 1 aromatic rings. The molecule has 0 aliphatic heterocycles. The van der Waals surface area contributed by atoms with Crippen LogP contribution < -0.4 is 5.32 Å². The molecule has 1 fully saturated rings. The van der Waals surface area contributed by atoms with Crippen molar-refractivity contribution in [2.24, 2.45) is 5.92 Å². The molecule has 0 saturated heterocycles. The number of halogens is 1. The van der Waals surface area contributed by atoms with E-state index in [0.29, 0.717) is 6.04 Å². The Labute approximate surface area is 112 Å². The third-order valence-corrected chi connectivity index (χ3v) is 4.83. The van der Waals surface area contributed by atoms with Gasteiger partial charge in [-0.15, -0.1) is 0 Å². The number of rotatable bonds is 5. The molecule has 1 atom stereocenters. The van der Waals surface area contributed by atoms with E-state index in [1.165, 1.54) is 60.7 Å². The Morgan fingerprint density at radius 1 is 1.24 bits per heavy atom. The number of fused-ring (bicyclic) bond motifs is 1. The Hall–Kier alpha value is -0.340. The molecule has 3 rings (SSSR count). The predicted molar refractivity (Wildman–Crippen MR) is 75.2 cm³/mol. The average Bonchev–Trinajstić information content (AvgIpc) is 3.06. The van der Waals surface area contributed by atoms with Crippen molar-refractivity contribution in [3.05, 3.63) is 33.8 Å². The largest absolute Gasteiger partial charge is 0.310 e. The average molecular weight is 294 g/mol. The summed E-state index contributed by atoms with van der Waals surface area (Å²) in [5.74, 6) is 1.07. The molecule has 0 bridgehead atoms. The maximum absolute atomic E-state index is 3.73. The van der Waals surface area contributed by atoms with Gasteiger partial charge in [0.1, 0.15) is 0 Å². The minimum Gasteiger partial charge on any atom is -0.310 e. The molecule has 1 unspecified atom stereocenters. The van der Waals surface area contributed by atoms with Crippen LogP contribution in [0.25, 0.3) is 0 Å². The molecule has 1 saturated carbocycles. The minimum atomic E-state index is 0.599. The predicted octanol–water partition coefficient (Wildman–Crippen LogP) is 4.22. The first kappa shape index (κ1) is 11.7. The van der Waals surface area contributed by atoms with Gasteiger partial charge < -0.3 is 5.32 Å². The van der Waals surface area contributed by atoms with E-state index in [-0.39, 0.29) is 0 Å². The lowest BCUT2D eigenvalue weighted by Gasteiger charge is -2.14. The molecular weight excluding hydrogens is 274 g/mol. The molecule has 1 aromatic carbocycles. The van der Waals surface area contributed by atoms with E-state index < -0.39 is 0 Å². The maximum Gasteiger partial charge on any atom is 0.0326 e. The first-order valence-electron chi connectivity index (χ1n) is 6.85. The molecule has 92 valence electrons. The van der Waals surface area contributed by atoms with Gasteiger partial charge in [0.25, 0.3) is 0 Å². The fourth-order valence-electron chi connectivity index (χ4n) is 2.90. The highest BCUT2D eigenvalue weighted by Crippen LogP contribution is 2.36. The molecule has 2 aliphatic carbocycles. The van der Waals surface area contributed by atoms with E-state index >= 15 is 0 Å². The number of nitrogens with one attached hydrogen (secondary N) is 1. The molecule has 1 nitrogen and oxygen atoms in total. The SMILES string of the molecule is Brc1cccc2c1CCC2NCCCC1CC1. The quantitative estimate of drug-likeness (QED) is 0.802. The standard InChI is InChI=1S/C15H20BrN/c16-14-5-1-4-13-12(14)8-9-15(13)17-10-2-3-11-6-7-11/h1,4-5,11,15,17H,2-3,6-10H2. The summed E-state index contributed by atoms with van der Waals surface area (Å²) < 4.78 is 1.29. The van der Waals surface area contributed by atoms with Gasteiger partial charge in [0, 0.05) is 10.5 Å². The van der Waals surface area contributed by atoms with Crippen molar-refractivity contribution in [3.8, 4) is 0 Å². The van der Waals surface area contributed by atoms with Gasteiger partial charge in [-0.05, 0) is 55.3 Å². The minimum absolute atomic E-state index is 0.599. The van der Waals surface area contributed by atoms with Gasteiger partial charge in [-0.2, -0.15) is 0 Å². The van der Waals surface area contributed by atoms with Crippen LogP contribution in [0.15, 0.2) is 22.7 Å². The normalized spacial score (nSPS) is 22.8. The van der Waals surface area contributed by atoms with Crippen molar-refractivity contribution in [1.82, 2.24) is 5.32 Å². The third-order valence-electron chi connectivity index (χ3n) is 4.09. The van der Waals surface area contributed by atoms with Crippen LogP contribution in [-0.4, -0.2) is 6.54 Å². The van der Waals surface area contributed by atoms with Gasteiger partial charge in [0.15, 0.2) is 0 Å². The van der Waals surface area contributed by atoms with E-state index in [2.05, 4.69) is 39.4 Å². The third kappa shape index (κ3) is 2.74. The van der Waals surface area contributed by atoms with Crippen LogP contribution in [0.1, 0.15) is 49.3 Å². The van der Waals surface area contributed by atoms with Crippen LogP contribution in [0.5, 0.6) is 0 Å². The second-order valence-electron chi connectivity index (χ2n) is 5.44. The monoisotopic (exact) mass is 293 g/mol. The van der Waals surface area contributed by atoms with E-state index in [9.17, 15) is 0 Å². The van der Waals surface area contributed by atoms with Crippen molar-refractivity contribution in [3.63, 3.8) is 0 Å². The molecule has 0 amide bonds. The Morgan fingerprint density at radius 2 is 2.12 bits per heavy atom. The van der Waals surface area contributed by atoms with E-state index in [0.717, 1.165) is 5.92 Å². The summed E-state index contributed by atoms with van der Waals surface area (Å²) in [4.78, 5) is 0. The van der Waals surface area contributed by atoms with Crippen LogP contribution in [0, 0.1) is 5.92 Å². The van der Waals surface area contributed by atoms with Crippen molar-refractivity contribution in [2.45, 2.75) is 44.6 Å². The lowest BCUT2D eigenvalue weighted by atomic mass is 10.1. The molecule has 2 heteroatoms. The van der Waals surface area contributed by atoms with E-state index in [1.807, 2.05) is 0 Å². The van der Waals surface area contributed by atoms with Crippen molar-refractivity contribution in [1.29, 1.82) is 0 Å². The Bertz CT molecular complexity index is 398. The fourth-order valence-corrected chi connectivity index (χ4v) is 3.48. The maximum atomic E-state index is 3.73. The van der Waals surface area contributed by atoms with Gasteiger partial charge in [-0.1, -0.05) is 40.9 Å². The lowest BCUT2D eigenvalue weighted by molar-refractivity contribution is 0.504. The van der Waals surface area contributed by atoms with Gasteiger partial charge in [-0.25, -0.2) is 0 Å². The van der Waals surface area contributed by atoms with E-state index in [4.69, 9.17) is 0 Å². The smallest absolute Gasteiger partial charge is 0.0326 e. The van der Waals surface area contributed by atoms with Crippen LogP contribution in [-0.2, 0) is 6.42 Å².